The van der Waals surface area contributed by atoms with Crippen LogP contribution in [-0.2, 0) is 10.2 Å². The molecule has 0 saturated carbocycles. The molecule has 106 valence electrons. The van der Waals surface area contributed by atoms with E-state index in [1.165, 1.54) is 11.1 Å². The van der Waals surface area contributed by atoms with Crippen LogP contribution in [0.15, 0.2) is 24.3 Å². The predicted octanol–water partition coefficient (Wildman–Crippen LogP) is 2.91. The van der Waals surface area contributed by atoms with Crippen LogP contribution in [0, 0.1) is 5.92 Å². The number of ether oxygens (including phenoxy) is 1. The molecular weight excluding hydrogens is 236 g/mol. The summed E-state index contributed by atoms with van der Waals surface area (Å²) in [6, 6.07) is 8.80. The average Bonchev–Trinajstić information content (AvgIpc) is 2.76. The number of hydrogen-bond acceptors (Lipinski definition) is 3. The highest BCUT2D eigenvalue weighted by Gasteiger charge is 2.32. The minimum absolute atomic E-state index is 0.0755. The Hall–Kier alpha value is -0.900. The highest BCUT2D eigenvalue weighted by molar-refractivity contribution is 5.30. The van der Waals surface area contributed by atoms with Crippen LogP contribution in [0.1, 0.15) is 51.3 Å². The summed E-state index contributed by atoms with van der Waals surface area (Å²) in [6.07, 6.45) is 1.29. The maximum absolute atomic E-state index is 5.83. The van der Waals surface area contributed by atoms with Gasteiger partial charge in [-0.15, -0.1) is 0 Å². The first kappa shape index (κ1) is 14.5. The number of benzene rings is 1. The summed E-state index contributed by atoms with van der Waals surface area (Å²) in [5, 5.41) is 0. The van der Waals surface area contributed by atoms with E-state index in [1.54, 1.807) is 0 Å². The molecule has 0 amide bonds. The van der Waals surface area contributed by atoms with Crippen molar-refractivity contribution in [2.75, 3.05) is 6.61 Å². The van der Waals surface area contributed by atoms with Crippen LogP contribution in [-0.4, -0.2) is 12.7 Å². The van der Waals surface area contributed by atoms with Crippen molar-refractivity contribution in [1.29, 1.82) is 0 Å². The van der Waals surface area contributed by atoms with Gasteiger partial charge in [-0.3, -0.25) is 11.3 Å². The Bertz CT molecular complexity index is 408. The van der Waals surface area contributed by atoms with Crippen molar-refractivity contribution in [3.63, 3.8) is 0 Å². The Morgan fingerprint density at radius 2 is 1.89 bits per heavy atom. The van der Waals surface area contributed by atoms with E-state index in [0.717, 1.165) is 13.0 Å². The van der Waals surface area contributed by atoms with E-state index < -0.39 is 0 Å². The molecule has 3 heteroatoms. The molecule has 0 radical (unpaired) electrons. The van der Waals surface area contributed by atoms with Gasteiger partial charge in [-0.05, 0) is 28.9 Å². The monoisotopic (exact) mass is 262 g/mol. The van der Waals surface area contributed by atoms with Crippen LogP contribution < -0.4 is 11.3 Å². The number of hydrogen-bond donors (Lipinski definition) is 2. The van der Waals surface area contributed by atoms with E-state index in [-0.39, 0.29) is 17.6 Å². The molecule has 0 bridgehead atoms. The molecule has 2 rings (SSSR count). The van der Waals surface area contributed by atoms with Gasteiger partial charge in [-0.25, -0.2) is 0 Å². The average molecular weight is 262 g/mol. The first-order chi connectivity index (χ1) is 8.93. The van der Waals surface area contributed by atoms with Crippen LogP contribution in [0.25, 0.3) is 0 Å². The summed E-state index contributed by atoms with van der Waals surface area (Å²) in [4.78, 5) is 0. The Morgan fingerprint density at radius 1 is 1.26 bits per heavy atom. The third-order valence-corrected chi connectivity index (χ3v) is 4.09. The maximum atomic E-state index is 5.83. The molecule has 0 aliphatic carbocycles. The molecule has 0 spiro atoms. The lowest BCUT2D eigenvalue weighted by molar-refractivity contribution is 0.0607. The van der Waals surface area contributed by atoms with Crippen molar-refractivity contribution < 1.29 is 4.74 Å². The second-order valence-corrected chi connectivity index (χ2v) is 6.62. The van der Waals surface area contributed by atoms with E-state index in [1.807, 2.05) is 0 Å². The molecular formula is C16H26N2O. The van der Waals surface area contributed by atoms with Gasteiger partial charge in [-0.2, -0.15) is 0 Å². The van der Waals surface area contributed by atoms with E-state index in [2.05, 4.69) is 57.4 Å². The van der Waals surface area contributed by atoms with Crippen molar-refractivity contribution in [3.05, 3.63) is 35.4 Å². The molecule has 3 nitrogen and oxygen atoms in total. The zero-order valence-corrected chi connectivity index (χ0v) is 12.4. The zero-order chi connectivity index (χ0) is 14.0. The van der Waals surface area contributed by atoms with Crippen molar-refractivity contribution in [1.82, 2.24) is 5.43 Å². The molecule has 1 heterocycles. The molecule has 1 aromatic rings. The van der Waals surface area contributed by atoms with E-state index in [4.69, 9.17) is 10.6 Å². The van der Waals surface area contributed by atoms with Crippen molar-refractivity contribution in [2.45, 2.75) is 51.7 Å². The van der Waals surface area contributed by atoms with E-state index in [0.29, 0.717) is 5.92 Å². The number of nitrogens with one attached hydrogen (secondary N) is 1. The summed E-state index contributed by atoms with van der Waals surface area (Å²) in [7, 11) is 0. The molecule has 3 atom stereocenters. The van der Waals surface area contributed by atoms with Gasteiger partial charge < -0.3 is 4.74 Å². The normalized spacial score (nSPS) is 25.5. The Kier molecular flexibility index (Phi) is 4.29. The molecule has 3 N–H and O–H groups in total. The summed E-state index contributed by atoms with van der Waals surface area (Å²) in [6.45, 7) is 9.74. The van der Waals surface area contributed by atoms with Crippen LogP contribution in [0.4, 0.5) is 0 Å². The second-order valence-electron chi connectivity index (χ2n) is 6.62. The molecule has 1 fully saturated rings. The van der Waals surface area contributed by atoms with Crippen LogP contribution in [0.3, 0.4) is 0 Å². The highest BCUT2D eigenvalue weighted by atomic mass is 16.5. The fourth-order valence-electron chi connectivity index (χ4n) is 2.71. The van der Waals surface area contributed by atoms with E-state index in [9.17, 15) is 0 Å². The maximum Gasteiger partial charge on any atom is 0.0808 e. The Labute approximate surface area is 116 Å². The van der Waals surface area contributed by atoms with Gasteiger partial charge >= 0.3 is 0 Å². The van der Waals surface area contributed by atoms with E-state index >= 15 is 0 Å². The van der Waals surface area contributed by atoms with Crippen molar-refractivity contribution in [2.24, 2.45) is 11.8 Å². The summed E-state index contributed by atoms with van der Waals surface area (Å²) < 4.78 is 5.83. The van der Waals surface area contributed by atoms with Gasteiger partial charge in [0.25, 0.3) is 0 Å². The van der Waals surface area contributed by atoms with Gasteiger partial charge in [0.1, 0.15) is 0 Å². The second kappa shape index (κ2) is 5.61. The SMILES string of the molecule is CC1CCOC1C(NN)c1ccc(C(C)(C)C)cc1. The highest BCUT2D eigenvalue weighted by Crippen LogP contribution is 2.32. The molecule has 19 heavy (non-hydrogen) atoms. The molecule has 1 saturated heterocycles. The molecule has 3 unspecified atom stereocenters. The Morgan fingerprint density at radius 3 is 2.32 bits per heavy atom. The summed E-state index contributed by atoms with van der Waals surface area (Å²) in [5.74, 6) is 6.29. The van der Waals surface area contributed by atoms with Crippen LogP contribution >= 0.6 is 0 Å². The molecule has 0 aromatic heterocycles. The topological polar surface area (TPSA) is 47.3 Å². The lowest BCUT2D eigenvalue weighted by atomic mass is 9.85. The number of nitrogens with two attached hydrogens (primary N) is 1. The van der Waals surface area contributed by atoms with Crippen molar-refractivity contribution >= 4 is 0 Å². The third-order valence-electron chi connectivity index (χ3n) is 4.09. The largest absolute Gasteiger partial charge is 0.376 e. The van der Waals surface area contributed by atoms with Gasteiger partial charge in [0, 0.05) is 6.61 Å². The van der Waals surface area contributed by atoms with Gasteiger partial charge in [-0.1, -0.05) is 52.0 Å². The first-order valence-corrected chi connectivity index (χ1v) is 7.11. The molecule has 1 aromatic carbocycles. The number of hydrazine groups is 1. The van der Waals surface area contributed by atoms with Gasteiger partial charge in [0.15, 0.2) is 0 Å². The quantitative estimate of drug-likeness (QED) is 0.650. The predicted molar refractivity (Wildman–Crippen MR) is 78.7 cm³/mol. The lowest BCUT2D eigenvalue weighted by Crippen LogP contribution is -2.38. The van der Waals surface area contributed by atoms with Gasteiger partial charge in [0.2, 0.25) is 0 Å². The molecule has 1 aliphatic heterocycles. The van der Waals surface area contributed by atoms with Crippen LogP contribution in [0.5, 0.6) is 0 Å². The third kappa shape index (κ3) is 3.16. The minimum atomic E-state index is 0.0755. The van der Waals surface area contributed by atoms with Gasteiger partial charge in [0.05, 0.1) is 12.1 Å². The minimum Gasteiger partial charge on any atom is -0.376 e. The number of rotatable bonds is 3. The first-order valence-electron chi connectivity index (χ1n) is 7.11. The zero-order valence-electron chi connectivity index (χ0n) is 12.4. The fraction of sp³-hybridized carbons (Fsp3) is 0.625. The standard InChI is InChI=1S/C16H26N2O/c1-11-9-10-19-15(11)14(18-17)12-5-7-13(8-6-12)16(2,3)4/h5-8,11,14-15,18H,9-10,17H2,1-4H3. The lowest BCUT2D eigenvalue weighted by Gasteiger charge is -2.27. The molecule has 1 aliphatic rings. The van der Waals surface area contributed by atoms with Crippen LogP contribution in [0.2, 0.25) is 0 Å². The van der Waals surface area contributed by atoms with Crippen molar-refractivity contribution in [3.8, 4) is 0 Å². The Balaban J connectivity index is 2.19. The summed E-state index contributed by atoms with van der Waals surface area (Å²) >= 11 is 0. The smallest absolute Gasteiger partial charge is 0.0808 e. The summed E-state index contributed by atoms with van der Waals surface area (Å²) in [5.41, 5.74) is 5.65. The fourth-order valence-corrected chi connectivity index (χ4v) is 2.71.